The summed E-state index contributed by atoms with van der Waals surface area (Å²) in [6.07, 6.45) is 0.264. The molecule has 5 nitrogen and oxygen atoms in total. The Morgan fingerprint density at radius 2 is 1.74 bits per heavy atom. The Morgan fingerprint density at radius 3 is 2.35 bits per heavy atom. The Bertz CT molecular complexity index is 752. The number of carboxylic acid groups (broad SMARTS) is 1. The van der Waals surface area contributed by atoms with Crippen LogP contribution in [-0.2, 0) is 11.2 Å². The van der Waals surface area contributed by atoms with Gasteiger partial charge in [0.1, 0.15) is 23.3 Å². The first-order chi connectivity index (χ1) is 10.8. The number of aromatic hydroxyl groups is 1. The number of halogens is 3. The third-order valence-corrected chi connectivity index (χ3v) is 5.54. The first-order valence-corrected chi connectivity index (χ1v) is 9.64. The maximum Gasteiger partial charge on any atom is 0.320 e. The first kappa shape index (κ1) is 19.0. The highest BCUT2D eigenvalue weighted by molar-refractivity contribution is 14.1. The summed E-state index contributed by atoms with van der Waals surface area (Å²) in [5, 5.41) is 18.5. The van der Waals surface area contributed by atoms with E-state index in [9.17, 15) is 9.90 Å². The predicted octanol–water partition coefficient (Wildman–Crippen LogP) is 3.95. The molecule has 0 unspecified atom stereocenters. The minimum Gasteiger partial charge on any atom is -0.507 e. The van der Waals surface area contributed by atoms with Gasteiger partial charge in [0.15, 0.2) is 0 Å². The molecule has 0 radical (unpaired) electrons. The maximum atomic E-state index is 10.8. The third-order valence-electron chi connectivity index (χ3n) is 2.99. The van der Waals surface area contributed by atoms with Crippen molar-refractivity contribution < 1.29 is 19.7 Å². The molecular formula is C15H12I3NO4. The van der Waals surface area contributed by atoms with Crippen LogP contribution >= 0.6 is 67.8 Å². The number of ether oxygens (including phenoxy) is 1. The summed E-state index contributed by atoms with van der Waals surface area (Å²) in [6, 6.07) is 7.95. The molecule has 4 N–H and O–H groups in total. The molecule has 2 aromatic rings. The maximum absolute atomic E-state index is 10.8. The van der Waals surface area contributed by atoms with Crippen LogP contribution in [0.15, 0.2) is 30.3 Å². The lowest BCUT2D eigenvalue weighted by Gasteiger charge is -2.13. The van der Waals surface area contributed by atoms with E-state index in [0.717, 1.165) is 12.7 Å². The summed E-state index contributed by atoms with van der Waals surface area (Å²) >= 11 is 6.27. The molecule has 1 atom stereocenters. The molecule has 0 saturated heterocycles. The third kappa shape index (κ3) is 5.06. The van der Waals surface area contributed by atoms with Gasteiger partial charge in [-0.2, -0.15) is 0 Å². The Hall–Kier alpha value is -0.340. The topological polar surface area (TPSA) is 92.8 Å². The quantitative estimate of drug-likeness (QED) is 0.427. The molecule has 0 aliphatic heterocycles. The number of hydrogen-bond acceptors (Lipinski definition) is 4. The van der Waals surface area contributed by atoms with Crippen molar-refractivity contribution >= 4 is 73.7 Å². The molecule has 2 aromatic carbocycles. The van der Waals surface area contributed by atoms with E-state index in [2.05, 4.69) is 45.2 Å². The second-order valence-electron chi connectivity index (χ2n) is 4.75. The molecule has 2 rings (SSSR count). The molecule has 0 saturated carbocycles. The van der Waals surface area contributed by atoms with Crippen LogP contribution in [0.3, 0.4) is 0 Å². The zero-order valence-corrected chi connectivity index (χ0v) is 18.1. The molecule has 0 aliphatic rings. The van der Waals surface area contributed by atoms with Crippen molar-refractivity contribution in [2.24, 2.45) is 5.73 Å². The highest BCUT2D eigenvalue weighted by Crippen LogP contribution is 2.35. The van der Waals surface area contributed by atoms with Crippen molar-refractivity contribution in [3.63, 3.8) is 0 Å². The first-order valence-electron chi connectivity index (χ1n) is 6.40. The summed E-state index contributed by atoms with van der Waals surface area (Å²) in [4.78, 5) is 10.8. The fourth-order valence-corrected chi connectivity index (χ4v) is 3.50. The Morgan fingerprint density at radius 1 is 1.09 bits per heavy atom. The fraction of sp³-hybridized carbons (Fsp3) is 0.133. The van der Waals surface area contributed by atoms with Crippen molar-refractivity contribution in [3.05, 3.63) is 46.6 Å². The summed E-state index contributed by atoms with van der Waals surface area (Å²) < 4.78 is 8.27. The van der Waals surface area contributed by atoms with Gasteiger partial charge >= 0.3 is 5.97 Å². The number of rotatable bonds is 5. The fourth-order valence-electron chi connectivity index (χ4n) is 1.81. The molecule has 23 heavy (non-hydrogen) atoms. The molecule has 0 fully saturated rings. The summed E-state index contributed by atoms with van der Waals surface area (Å²) in [5.41, 5.74) is 6.39. The normalized spacial score (nSPS) is 12.0. The Kier molecular flexibility index (Phi) is 6.74. The standard InChI is InChI=1S/C15H12I3NO4/c16-8-6-14(10(18)5-12(8)20)23-13-2-1-7(3-9(13)17)4-11(19)15(21)22/h1-3,5-6,11,20H,4,19H2,(H,21,22)/t11-/m1/s1. The summed E-state index contributed by atoms with van der Waals surface area (Å²) in [5.74, 6) is 0.516. The van der Waals surface area contributed by atoms with Gasteiger partial charge in [0, 0.05) is 0 Å². The number of benzene rings is 2. The van der Waals surface area contributed by atoms with E-state index in [1.165, 1.54) is 0 Å². The van der Waals surface area contributed by atoms with Crippen molar-refractivity contribution in [2.45, 2.75) is 12.5 Å². The van der Waals surface area contributed by atoms with Crippen LogP contribution in [0.1, 0.15) is 5.56 Å². The van der Waals surface area contributed by atoms with Crippen LogP contribution < -0.4 is 10.5 Å². The van der Waals surface area contributed by atoms with Gasteiger partial charge < -0.3 is 20.7 Å². The van der Waals surface area contributed by atoms with E-state index in [1.54, 1.807) is 24.3 Å². The Labute approximate surface area is 174 Å². The smallest absolute Gasteiger partial charge is 0.320 e. The largest absolute Gasteiger partial charge is 0.507 e. The second kappa shape index (κ2) is 8.16. The molecule has 8 heteroatoms. The van der Waals surface area contributed by atoms with Gasteiger partial charge in [0.2, 0.25) is 0 Å². The number of carbonyl (C=O) groups is 1. The van der Waals surface area contributed by atoms with Crippen LogP contribution in [0.2, 0.25) is 0 Å². The molecule has 0 amide bonds. The molecule has 0 aromatic heterocycles. The van der Waals surface area contributed by atoms with Crippen LogP contribution in [-0.4, -0.2) is 22.2 Å². The summed E-state index contributed by atoms with van der Waals surface area (Å²) in [7, 11) is 0. The average molecular weight is 651 g/mol. The lowest BCUT2D eigenvalue weighted by molar-refractivity contribution is -0.138. The number of nitrogens with two attached hydrogens (primary N) is 1. The van der Waals surface area contributed by atoms with Gasteiger partial charge in [-0.25, -0.2) is 0 Å². The average Bonchev–Trinajstić information content (AvgIpc) is 2.47. The van der Waals surface area contributed by atoms with Gasteiger partial charge in [0.25, 0.3) is 0 Å². The van der Waals surface area contributed by atoms with Crippen LogP contribution in [0.5, 0.6) is 17.2 Å². The van der Waals surface area contributed by atoms with E-state index in [1.807, 2.05) is 28.7 Å². The molecule has 0 aliphatic carbocycles. The lowest BCUT2D eigenvalue weighted by atomic mass is 10.1. The van der Waals surface area contributed by atoms with E-state index in [-0.39, 0.29) is 12.2 Å². The highest BCUT2D eigenvalue weighted by Gasteiger charge is 2.14. The zero-order chi connectivity index (χ0) is 17.1. The number of hydrogen-bond donors (Lipinski definition) is 3. The second-order valence-corrected chi connectivity index (χ2v) is 8.24. The molecule has 0 heterocycles. The van der Waals surface area contributed by atoms with Gasteiger partial charge in [-0.15, -0.1) is 0 Å². The zero-order valence-electron chi connectivity index (χ0n) is 11.6. The summed E-state index contributed by atoms with van der Waals surface area (Å²) in [6.45, 7) is 0. The highest BCUT2D eigenvalue weighted by atomic mass is 127. The number of phenols is 1. The van der Waals surface area contributed by atoms with Crippen molar-refractivity contribution in [1.29, 1.82) is 0 Å². The van der Waals surface area contributed by atoms with Crippen LogP contribution in [0.4, 0.5) is 0 Å². The number of phenolic OH excluding ortho intramolecular Hbond substituents is 1. The van der Waals surface area contributed by atoms with E-state index in [4.69, 9.17) is 15.6 Å². The van der Waals surface area contributed by atoms with Crippen LogP contribution in [0, 0.1) is 10.7 Å². The lowest BCUT2D eigenvalue weighted by Crippen LogP contribution is -2.32. The van der Waals surface area contributed by atoms with Gasteiger partial charge in [-0.1, -0.05) is 6.07 Å². The van der Waals surface area contributed by atoms with E-state index in [0.29, 0.717) is 15.1 Å². The minimum atomic E-state index is -1.02. The van der Waals surface area contributed by atoms with Gasteiger partial charge in [-0.3, -0.25) is 4.79 Å². The van der Waals surface area contributed by atoms with Gasteiger partial charge in [-0.05, 0) is 104 Å². The van der Waals surface area contributed by atoms with Crippen molar-refractivity contribution in [3.8, 4) is 17.2 Å². The number of aliphatic carboxylic acids is 1. The van der Waals surface area contributed by atoms with Gasteiger partial charge in [0.05, 0.1) is 10.7 Å². The minimum absolute atomic E-state index is 0.218. The van der Waals surface area contributed by atoms with Crippen molar-refractivity contribution in [2.75, 3.05) is 0 Å². The van der Waals surface area contributed by atoms with Crippen LogP contribution in [0.25, 0.3) is 0 Å². The molecule has 0 bridgehead atoms. The van der Waals surface area contributed by atoms with E-state index < -0.39 is 12.0 Å². The predicted molar refractivity (Wildman–Crippen MR) is 112 cm³/mol. The number of carboxylic acids is 1. The molecule has 122 valence electrons. The monoisotopic (exact) mass is 651 g/mol. The van der Waals surface area contributed by atoms with E-state index >= 15 is 0 Å². The molecular weight excluding hydrogens is 639 g/mol. The van der Waals surface area contributed by atoms with Crippen molar-refractivity contribution in [1.82, 2.24) is 0 Å². The molecule has 0 spiro atoms. The Balaban J connectivity index is 2.22. The SMILES string of the molecule is N[C@H](Cc1ccc(Oc2cc(I)c(O)cc2I)c(I)c1)C(=O)O.